The number of methoxy groups -OCH3 is 2. The van der Waals surface area contributed by atoms with Crippen molar-refractivity contribution in [2.75, 3.05) is 14.2 Å². The number of halogens is 2. The molecular formula is C11H14Cl2O2. The molecule has 1 rings (SSSR count). The number of hydrogen-bond donors (Lipinski definition) is 0. The Bertz CT molecular complexity index is 340. The lowest BCUT2D eigenvalue weighted by Crippen LogP contribution is -1.97. The summed E-state index contributed by atoms with van der Waals surface area (Å²) in [7, 11) is 3.14. The van der Waals surface area contributed by atoms with Gasteiger partial charge in [0.1, 0.15) is 16.5 Å². The van der Waals surface area contributed by atoms with Crippen LogP contribution in [0.4, 0.5) is 0 Å². The molecule has 1 aromatic rings. The number of rotatable bonds is 4. The van der Waals surface area contributed by atoms with Gasteiger partial charge in [-0.2, -0.15) is 0 Å². The summed E-state index contributed by atoms with van der Waals surface area (Å²) in [6, 6.07) is 3.68. The van der Waals surface area contributed by atoms with Crippen molar-refractivity contribution in [1.29, 1.82) is 0 Å². The summed E-state index contributed by atoms with van der Waals surface area (Å²) >= 11 is 12.3. The Labute approximate surface area is 100 Å². The van der Waals surface area contributed by atoms with E-state index in [0.29, 0.717) is 16.5 Å². The fourth-order valence-corrected chi connectivity index (χ4v) is 1.88. The first-order chi connectivity index (χ1) is 7.15. The maximum Gasteiger partial charge on any atom is 0.145 e. The first kappa shape index (κ1) is 12.5. The highest BCUT2D eigenvalue weighted by Gasteiger charge is 2.17. The second-order valence-corrected chi connectivity index (χ2v) is 3.98. The predicted molar refractivity (Wildman–Crippen MR) is 63.4 cm³/mol. The van der Waals surface area contributed by atoms with Crippen molar-refractivity contribution in [3.05, 3.63) is 22.7 Å². The van der Waals surface area contributed by atoms with Crippen molar-refractivity contribution in [2.24, 2.45) is 0 Å². The third-order valence-electron chi connectivity index (χ3n) is 2.21. The molecule has 84 valence electrons. The second-order valence-electron chi connectivity index (χ2n) is 3.08. The Hall–Kier alpha value is -0.600. The predicted octanol–water partition coefficient (Wildman–Crippen LogP) is 4.05. The van der Waals surface area contributed by atoms with E-state index < -0.39 is 0 Å². The van der Waals surface area contributed by atoms with E-state index in [9.17, 15) is 0 Å². The lowest BCUT2D eigenvalue weighted by molar-refractivity contribution is 0.391. The summed E-state index contributed by atoms with van der Waals surface area (Å²) in [4.78, 5) is 0. The average molecular weight is 249 g/mol. The van der Waals surface area contributed by atoms with Gasteiger partial charge in [0.2, 0.25) is 0 Å². The number of hydrogen-bond acceptors (Lipinski definition) is 2. The molecule has 0 amide bonds. The van der Waals surface area contributed by atoms with Crippen molar-refractivity contribution in [3.8, 4) is 11.5 Å². The van der Waals surface area contributed by atoms with Gasteiger partial charge < -0.3 is 9.47 Å². The molecule has 4 heteroatoms. The summed E-state index contributed by atoms with van der Waals surface area (Å²) in [6.45, 7) is 2.01. The van der Waals surface area contributed by atoms with Gasteiger partial charge in [-0.1, -0.05) is 24.6 Å². The summed E-state index contributed by atoms with van der Waals surface area (Å²) in [5.74, 6) is 1.19. The normalized spacial score (nSPS) is 12.3. The molecule has 1 atom stereocenters. The number of ether oxygens (including phenoxy) is 2. The van der Waals surface area contributed by atoms with E-state index in [1.54, 1.807) is 20.3 Å². The van der Waals surface area contributed by atoms with Gasteiger partial charge in [0.25, 0.3) is 0 Å². The van der Waals surface area contributed by atoms with Crippen molar-refractivity contribution in [2.45, 2.75) is 18.7 Å². The van der Waals surface area contributed by atoms with Crippen LogP contribution >= 0.6 is 23.2 Å². The molecule has 0 radical (unpaired) electrons. The van der Waals surface area contributed by atoms with E-state index in [2.05, 4.69) is 0 Å². The van der Waals surface area contributed by atoms with Crippen LogP contribution in [0, 0.1) is 0 Å². The molecule has 2 nitrogen and oxygen atoms in total. The van der Waals surface area contributed by atoms with Gasteiger partial charge in [-0.3, -0.25) is 0 Å². The molecular weight excluding hydrogens is 235 g/mol. The monoisotopic (exact) mass is 248 g/mol. The Balaban J connectivity index is 3.24. The minimum Gasteiger partial charge on any atom is -0.495 e. The molecule has 0 saturated carbocycles. The van der Waals surface area contributed by atoms with Gasteiger partial charge >= 0.3 is 0 Å². The van der Waals surface area contributed by atoms with E-state index in [1.807, 2.05) is 13.0 Å². The Morgan fingerprint density at radius 2 is 1.93 bits per heavy atom. The first-order valence-corrected chi connectivity index (χ1v) is 5.51. The van der Waals surface area contributed by atoms with E-state index >= 15 is 0 Å². The second kappa shape index (κ2) is 5.47. The minimum absolute atomic E-state index is 0.0941. The third kappa shape index (κ3) is 2.50. The highest BCUT2D eigenvalue weighted by atomic mass is 35.5. The van der Waals surface area contributed by atoms with E-state index in [1.165, 1.54) is 0 Å². The van der Waals surface area contributed by atoms with Crippen LogP contribution in [0.2, 0.25) is 5.02 Å². The first-order valence-electron chi connectivity index (χ1n) is 4.70. The smallest absolute Gasteiger partial charge is 0.145 e. The molecule has 0 aliphatic carbocycles. The lowest BCUT2D eigenvalue weighted by Gasteiger charge is -2.15. The van der Waals surface area contributed by atoms with Gasteiger partial charge in [-0.25, -0.2) is 0 Å². The summed E-state index contributed by atoms with van der Waals surface area (Å²) in [6.07, 6.45) is 0.820. The van der Waals surface area contributed by atoms with E-state index in [-0.39, 0.29) is 5.38 Å². The van der Waals surface area contributed by atoms with Crippen molar-refractivity contribution in [1.82, 2.24) is 0 Å². The van der Waals surface area contributed by atoms with Gasteiger partial charge in [-0.05, 0) is 12.5 Å². The molecule has 1 aromatic carbocycles. The van der Waals surface area contributed by atoms with E-state index in [4.69, 9.17) is 32.7 Å². The maximum absolute atomic E-state index is 6.16. The molecule has 15 heavy (non-hydrogen) atoms. The molecule has 0 N–H and O–H groups in total. The van der Waals surface area contributed by atoms with Gasteiger partial charge in [0.05, 0.1) is 19.6 Å². The molecule has 0 saturated heterocycles. The summed E-state index contributed by atoms with van der Waals surface area (Å²) < 4.78 is 10.3. The molecule has 0 spiro atoms. The van der Waals surface area contributed by atoms with Crippen molar-refractivity contribution < 1.29 is 9.47 Å². The standard InChI is InChI=1S/C11H14Cl2O2/c1-4-8(12)7-5-6-9(14-2)10(13)11(7)15-3/h5-6,8H,4H2,1-3H3. The lowest BCUT2D eigenvalue weighted by atomic mass is 10.1. The van der Waals surface area contributed by atoms with Gasteiger partial charge in [0.15, 0.2) is 0 Å². The highest BCUT2D eigenvalue weighted by Crippen LogP contribution is 2.41. The number of alkyl halides is 1. The van der Waals surface area contributed by atoms with Gasteiger partial charge in [0, 0.05) is 5.56 Å². The van der Waals surface area contributed by atoms with Crippen LogP contribution in [0.25, 0.3) is 0 Å². The zero-order chi connectivity index (χ0) is 11.4. The zero-order valence-corrected chi connectivity index (χ0v) is 10.5. The summed E-state index contributed by atoms with van der Waals surface area (Å²) in [5.41, 5.74) is 0.896. The number of benzene rings is 1. The molecule has 0 bridgehead atoms. The van der Waals surface area contributed by atoms with Crippen LogP contribution < -0.4 is 9.47 Å². The van der Waals surface area contributed by atoms with Crippen LogP contribution in [0.15, 0.2) is 12.1 Å². The van der Waals surface area contributed by atoms with Crippen LogP contribution in [0.1, 0.15) is 24.3 Å². The van der Waals surface area contributed by atoms with E-state index in [0.717, 1.165) is 12.0 Å². The molecule has 0 aromatic heterocycles. The van der Waals surface area contributed by atoms with Crippen LogP contribution in [-0.2, 0) is 0 Å². The highest BCUT2D eigenvalue weighted by molar-refractivity contribution is 6.34. The van der Waals surface area contributed by atoms with Gasteiger partial charge in [-0.15, -0.1) is 11.6 Å². The van der Waals surface area contributed by atoms with Crippen molar-refractivity contribution in [3.63, 3.8) is 0 Å². The van der Waals surface area contributed by atoms with Crippen LogP contribution in [0.5, 0.6) is 11.5 Å². The summed E-state index contributed by atoms with van der Waals surface area (Å²) in [5, 5.41) is 0.375. The topological polar surface area (TPSA) is 18.5 Å². The molecule has 0 heterocycles. The average Bonchev–Trinajstić information content (AvgIpc) is 2.27. The van der Waals surface area contributed by atoms with Crippen LogP contribution in [-0.4, -0.2) is 14.2 Å². The third-order valence-corrected chi connectivity index (χ3v) is 3.11. The molecule has 0 aliphatic heterocycles. The molecule has 1 unspecified atom stereocenters. The largest absolute Gasteiger partial charge is 0.495 e. The fraction of sp³-hybridized carbons (Fsp3) is 0.455. The maximum atomic E-state index is 6.16. The Morgan fingerprint density at radius 1 is 1.27 bits per heavy atom. The SMILES string of the molecule is CCC(Cl)c1ccc(OC)c(Cl)c1OC. The Morgan fingerprint density at radius 3 is 2.40 bits per heavy atom. The van der Waals surface area contributed by atoms with Crippen molar-refractivity contribution >= 4 is 23.2 Å². The Kier molecular flexibility index (Phi) is 4.55. The molecule has 0 fully saturated rings. The fourth-order valence-electron chi connectivity index (χ4n) is 1.38. The van der Waals surface area contributed by atoms with Crippen LogP contribution in [0.3, 0.4) is 0 Å². The quantitative estimate of drug-likeness (QED) is 0.749. The molecule has 0 aliphatic rings. The minimum atomic E-state index is -0.0941. The zero-order valence-electron chi connectivity index (χ0n) is 9.01.